The first-order valence-electron chi connectivity index (χ1n) is 5.45. The van der Waals surface area contributed by atoms with Gasteiger partial charge in [0.25, 0.3) is 0 Å². The Morgan fingerprint density at radius 2 is 2.06 bits per heavy atom. The molecule has 2 aromatic heterocycles. The molecule has 0 radical (unpaired) electrons. The van der Waals surface area contributed by atoms with Crippen molar-refractivity contribution in [1.29, 1.82) is 5.26 Å². The molecule has 0 spiro atoms. The van der Waals surface area contributed by atoms with Gasteiger partial charge in [0.1, 0.15) is 6.07 Å². The molecule has 0 amide bonds. The molecular weight excluding hydrogens is 214 g/mol. The Kier molecular flexibility index (Phi) is 2.50. The van der Waals surface area contributed by atoms with Crippen LogP contribution < -0.4 is 5.32 Å². The lowest BCUT2D eigenvalue weighted by molar-refractivity contribution is 0.625. The molecule has 2 heterocycles. The van der Waals surface area contributed by atoms with Crippen molar-refractivity contribution in [3.63, 3.8) is 0 Å². The van der Waals surface area contributed by atoms with Crippen molar-refractivity contribution in [1.82, 2.24) is 14.6 Å². The Balaban J connectivity index is 2.57. The van der Waals surface area contributed by atoms with Gasteiger partial charge in [-0.1, -0.05) is 0 Å². The fourth-order valence-electron chi connectivity index (χ4n) is 1.56. The smallest absolute Gasteiger partial charge is 0.243 e. The average molecular weight is 229 g/mol. The van der Waals surface area contributed by atoms with Crippen LogP contribution in [0.3, 0.4) is 0 Å². The van der Waals surface area contributed by atoms with Crippen LogP contribution in [0.5, 0.6) is 0 Å². The molecule has 88 valence electrons. The first-order valence-corrected chi connectivity index (χ1v) is 5.45. The van der Waals surface area contributed by atoms with Gasteiger partial charge in [-0.15, -0.1) is 5.10 Å². The lowest BCUT2D eigenvalue weighted by atomic mass is 10.1. The molecule has 0 aliphatic heterocycles. The molecule has 1 N–H and O–H groups in total. The van der Waals surface area contributed by atoms with Crippen LogP contribution in [0.4, 0.5) is 5.95 Å². The van der Waals surface area contributed by atoms with Gasteiger partial charge in [0, 0.05) is 11.2 Å². The van der Waals surface area contributed by atoms with E-state index in [2.05, 4.69) is 21.5 Å². The molecule has 5 nitrogen and oxygen atoms in total. The summed E-state index contributed by atoms with van der Waals surface area (Å²) in [7, 11) is 0. The van der Waals surface area contributed by atoms with Crippen molar-refractivity contribution in [3.05, 3.63) is 23.4 Å². The van der Waals surface area contributed by atoms with E-state index in [9.17, 15) is 0 Å². The van der Waals surface area contributed by atoms with Crippen molar-refractivity contribution in [3.8, 4) is 6.07 Å². The van der Waals surface area contributed by atoms with Gasteiger partial charge in [-0.05, 0) is 39.8 Å². The topological polar surface area (TPSA) is 66.0 Å². The monoisotopic (exact) mass is 229 g/mol. The summed E-state index contributed by atoms with van der Waals surface area (Å²) >= 11 is 0. The van der Waals surface area contributed by atoms with Crippen LogP contribution in [0.15, 0.2) is 12.1 Å². The van der Waals surface area contributed by atoms with Crippen molar-refractivity contribution in [2.75, 3.05) is 5.32 Å². The minimum atomic E-state index is -0.106. The van der Waals surface area contributed by atoms with Crippen molar-refractivity contribution >= 4 is 11.6 Å². The third-order valence-electron chi connectivity index (χ3n) is 2.28. The zero-order valence-electron chi connectivity index (χ0n) is 10.4. The number of rotatable bonds is 1. The van der Waals surface area contributed by atoms with E-state index in [1.807, 2.05) is 33.8 Å². The van der Waals surface area contributed by atoms with E-state index in [1.54, 1.807) is 10.6 Å². The number of anilines is 1. The molecule has 0 aliphatic carbocycles. The molecule has 5 heteroatoms. The van der Waals surface area contributed by atoms with Gasteiger partial charge in [0.2, 0.25) is 5.95 Å². The van der Waals surface area contributed by atoms with Gasteiger partial charge in [0.15, 0.2) is 5.65 Å². The van der Waals surface area contributed by atoms with Crippen molar-refractivity contribution in [2.45, 2.75) is 33.2 Å². The molecule has 0 aliphatic rings. The Morgan fingerprint density at radius 1 is 1.35 bits per heavy atom. The van der Waals surface area contributed by atoms with Crippen LogP contribution in [-0.2, 0) is 0 Å². The minimum absolute atomic E-state index is 0.106. The summed E-state index contributed by atoms with van der Waals surface area (Å²) in [6, 6.07) is 5.75. The maximum atomic E-state index is 9.02. The Morgan fingerprint density at radius 3 is 2.65 bits per heavy atom. The summed E-state index contributed by atoms with van der Waals surface area (Å²) in [5, 5.41) is 16.6. The van der Waals surface area contributed by atoms with Gasteiger partial charge >= 0.3 is 0 Å². The number of pyridine rings is 1. The SMILES string of the molecule is Cc1ccc(C#N)c2nc(NC(C)(C)C)nn12. The number of hydrogen-bond acceptors (Lipinski definition) is 4. The lowest BCUT2D eigenvalue weighted by Crippen LogP contribution is -2.26. The molecular formula is C12H15N5. The highest BCUT2D eigenvalue weighted by atomic mass is 15.4. The van der Waals surface area contributed by atoms with Crippen LogP contribution in [0.25, 0.3) is 5.65 Å². The molecule has 17 heavy (non-hydrogen) atoms. The van der Waals surface area contributed by atoms with Gasteiger partial charge < -0.3 is 5.32 Å². The summed E-state index contributed by atoms with van der Waals surface area (Å²) in [4.78, 5) is 4.35. The number of aromatic nitrogens is 3. The predicted molar refractivity (Wildman–Crippen MR) is 65.8 cm³/mol. The zero-order chi connectivity index (χ0) is 12.6. The maximum Gasteiger partial charge on any atom is 0.243 e. The number of nitriles is 1. The second-order valence-electron chi connectivity index (χ2n) is 5.05. The van der Waals surface area contributed by atoms with Crippen molar-refractivity contribution in [2.24, 2.45) is 0 Å². The third kappa shape index (κ3) is 2.21. The van der Waals surface area contributed by atoms with E-state index in [1.165, 1.54) is 0 Å². The van der Waals surface area contributed by atoms with Gasteiger partial charge in [-0.3, -0.25) is 0 Å². The third-order valence-corrected chi connectivity index (χ3v) is 2.28. The molecule has 0 bridgehead atoms. The molecule has 0 aromatic carbocycles. The summed E-state index contributed by atoms with van der Waals surface area (Å²) in [5.74, 6) is 0.545. The van der Waals surface area contributed by atoms with E-state index in [0.717, 1.165) is 5.69 Å². The number of nitrogens with one attached hydrogen (secondary N) is 1. The lowest BCUT2D eigenvalue weighted by Gasteiger charge is -2.18. The Hall–Kier alpha value is -2.09. The molecule has 0 atom stereocenters. The number of nitrogens with zero attached hydrogens (tertiary/aromatic N) is 4. The molecule has 0 saturated heterocycles. The van der Waals surface area contributed by atoms with Crippen LogP contribution in [-0.4, -0.2) is 20.1 Å². The van der Waals surface area contributed by atoms with E-state index < -0.39 is 0 Å². The molecule has 0 unspecified atom stereocenters. The zero-order valence-corrected chi connectivity index (χ0v) is 10.4. The van der Waals surface area contributed by atoms with E-state index in [0.29, 0.717) is 17.2 Å². The molecule has 0 fully saturated rings. The van der Waals surface area contributed by atoms with Crippen LogP contribution in [0.1, 0.15) is 32.0 Å². The fourth-order valence-corrected chi connectivity index (χ4v) is 1.56. The molecule has 0 saturated carbocycles. The van der Waals surface area contributed by atoms with E-state index >= 15 is 0 Å². The number of fused-ring (bicyclic) bond motifs is 1. The predicted octanol–water partition coefficient (Wildman–Crippen LogP) is 2.12. The molecule has 2 aromatic rings. The van der Waals surface area contributed by atoms with E-state index in [4.69, 9.17) is 5.26 Å². The van der Waals surface area contributed by atoms with Gasteiger partial charge in [-0.2, -0.15) is 10.2 Å². The maximum absolute atomic E-state index is 9.02. The standard InChI is InChI=1S/C12H15N5/c1-8-5-6-9(7-13)10-14-11(16-17(8)10)15-12(2,3)4/h5-6H,1-4H3,(H,15,16). The van der Waals surface area contributed by atoms with Crippen LogP contribution >= 0.6 is 0 Å². The largest absolute Gasteiger partial charge is 0.348 e. The first-order chi connectivity index (χ1) is 7.90. The average Bonchev–Trinajstić information content (AvgIpc) is 2.60. The summed E-state index contributed by atoms with van der Waals surface area (Å²) < 4.78 is 1.69. The van der Waals surface area contributed by atoms with E-state index in [-0.39, 0.29) is 5.54 Å². The number of aryl methyl sites for hydroxylation is 1. The molecule has 2 rings (SSSR count). The van der Waals surface area contributed by atoms with Gasteiger partial charge in [-0.25, -0.2) is 4.52 Å². The second-order valence-corrected chi connectivity index (χ2v) is 5.05. The van der Waals surface area contributed by atoms with Gasteiger partial charge in [0.05, 0.1) is 5.56 Å². The second kappa shape index (κ2) is 3.74. The summed E-state index contributed by atoms with van der Waals surface area (Å²) in [5.41, 5.74) is 1.98. The highest BCUT2D eigenvalue weighted by Crippen LogP contribution is 2.15. The highest BCUT2D eigenvalue weighted by Gasteiger charge is 2.15. The Bertz CT molecular complexity index is 598. The quantitative estimate of drug-likeness (QED) is 0.813. The number of hydrogen-bond donors (Lipinski definition) is 1. The summed E-state index contributed by atoms with van der Waals surface area (Å²) in [6.07, 6.45) is 0. The minimum Gasteiger partial charge on any atom is -0.348 e. The van der Waals surface area contributed by atoms with Crippen LogP contribution in [0.2, 0.25) is 0 Å². The highest BCUT2D eigenvalue weighted by molar-refractivity contribution is 5.57. The van der Waals surface area contributed by atoms with Crippen LogP contribution in [0, 0.1) is 18.3 Å². The summed E-state index contributed by atoms with van der Waals surface area (Å²) in [6.45, 7) is 8.05. The van der Waals surface area contributed by atoms with Crippen molar-refractivity contribution < 1.29 is 0 Å². The fraction of sp³-hybridized carbons (Fsp3) is 0.417. The normalized spacial score (nSPS) is 11.5. The Labute approximate surface area is 100 Å². The first kappa shape index (κ1) is 11.4.